The van der Waals surface area contributed by atoms with E-state index in [0.29, 0.717) is 24.8 Å². The molecule has 7 heteroatoms. The number of azo groups is 1. The molecule has 0 bridgehead atoms. The Hall–Kier alpha value is -2.28. The van der Waals surface area contributed by atoms with Crippen LogP contribution in [-0.4, -0.2) is 27.3 Å². The number of aliphatic carboxylic acids is 1. The first-order valence-corrected chi connectivity index (χ1v) is 6.27. The van der Waals surface area contributed by atoms with Gasteiger partial charge in [-0.15, -0.1) is 5.11 Å². The Bertz CT molecular complexity index is 450. The van der Waals surface area contributed by atoms with E-state index < -0.39 is 5.97 Å². The number of carboxylic acids is 1. The van der Waals surface area contributed by atoms with Crippen LogP contribution in [0.3, 0.4) is 0 Å². The Kier molecular flexibility index (Phi) is 6.91. The molecule has 7 nitrogen and oxygen atoms in total. The molecule has 1 heterocycles. The number of hydrogen-bond acceptors (Lipinski definition) is 5. The topological polar surface area (TPSA) is 103 Å². The molecule has 0 aromatic carbocycles. The Morgan fingerprint density at radius 1 is 1.15 bits per heavy atom. The largest absolute Gasteiger partial charge is 0.481 e. The molecular formula is C13H17N3O4. The fourth-order valence-corrected chi connectivity index (χ4v) is 1.46. The van der Waals surface area contributed by atoms with Gasteiger partial charge in [-0.05, 0) is 30.6 Å². The zero-order chi connectivity index (χ0) is 14.8. The van der Waals surface area contributed by atoms with Crippen LogP contribution >= 0.6 is 0 Å². The zero-order valence-electron chi connectivity index (χ0n) is 11.0. The van der Waals surface area contributed by atoms with Crippen molar-refractivity contribution in [2.24, 2.45) is 10.2 Å². The number of allylic oxidation sites excluding steroid dienone is 3. The van der Waals surface area contributed by atoms with Gasteiger partial charge in [-0.1, -0.05) is 6.42 Å². The molecule has 0 aromatic rings. The molecule has 1 rings (SSSR count). The van der Waals surface area contributed by atoms with E-state index in [4.69, 9.17) is 10.3 Å². The van der Waals surface area contributed by atoms with Crippen molar-refractivity contribution in [2.75, 3.05) is 0 Å². The van der Waals surface area contributed by atoms with E-state index >= 15 is 0 Å². The van der Waals surface area contributed by atoms with E-state index in [1.807, 2.05) is 0 Å². The highest BCUT2D eigenvalue weighted by Crippen LogP contribution is 2.08. The summed E-state index contributed by atoms with van der Waals surface area (Å²) in [6.45, 7) is 0. The Labute approximate surface area is 116 Å². The van der Waals surface area contributed by atoms with E-state index in [9.17, 15) is 9.59 Å². The first-order chi connectivity index (χ1) is 9.58. The van der Waals surface area contributed by atoms with E-state index in [2.05, 4.69) is 10.2 Å². The van der Waals surface area contributed by atoms with Crippen LogP contribution in [0.2, 0.25) is 0 Å². The summed E-state index contributed by atoms with van der Waals surface area (Å²) in [6.07, 6.45) is 9.79. The van der Waals surface area contributed by atoms with Crippen molar-refractivity contribution in [3.63, 3.8) is 0 Å². The molecule has 0 radical (unpaired) electrons. The van der Waals surface area contributed by atoms with Crippen molar-refractivity contribution in [3.05, 3.63) is 36.3 Å². The van der Waals surface area contributed by atoms with E-state index in [-0.39, 0.29) is 18.7 Å². The van der Waals surface area contributed by atoms with Gasteiger partial charge in [0.2, 0.25) is 0 Å². The quantitative estimate of drug-likeness (QED) is 0.550. The number of amides is 1. The summed E-state index contributed by atoms with van der Waals surface area (Å²) in [7, 11) is 0. The predicted octanol–water partition coefficient (Wildman–Crippen LogP) is 2.62. The number of nitrogens with zero attached hydrogens (tertiary/aromatic N) is 3. The molecular weight excluding hydrogens is 262 g/mol. The average molecular weight is 279 g/mol. The summed E-state index contributed by atoms with van der Waals surface area (Å²) in [6, 6.07) is 0. The van der Waals surface area contributed by atoms with Gasteiger partial charge in [-0.25, -0.2) is 5.06 Å². The first kappa shape index (κ1) is 15.8. The van der Waals surface area contributed by atoms with Crippen LogP contribution in [0.4, 0.5) is 0 Å². The Morgan fingerprint density at radius 2 is 1.80 bits per heavy atom. The third-order valence-electron chi connectivity index (χ3n) is 2.50. The van der Waals surface area contributed by atoms with E-state index in [0.717, 1.165) is 5.06 Å². The lowest BCUT2D eigenvalue weighted by molar-refractivity contribution is -0.137. The summed E-state index contributed by atoms with van der Waals surface area (Å²) < 4.78 is 0. The van der Waals surface area contributed by atoms with Crippen LogP contribution in [-0.2, 0) is 9.59 Å². The Morgan fingerprint density at radius 3 is 2.45 bits per heavy atom. The smallest absolute Gasteiger partial charge is 0.303 e. The van der Waals surface area contributed by atoms with Crippen LogP contribution in [0.5, 0.6) is 0 Å². The van der Waals surface area contributed by atoms with Crippen LogP contribution in [0.25, 0.3) is 0 Å². The first-order valence-electron chi connectivity index (χ1n) is 6.27. The van der Waals surface area contributed by atoms with Crippen molar-refractivity contribution < 1.29 is 19.9 Å². The lowest BCUT2D eigenvalue weighted by Crippen LogP contribution is -2.03. The van der Waals surface area contributed by atoms with Crippen molar-refractivity contribution in [1.82, 2.24) is 5.06 Å². The molecule has 1 amide bonds. The molecule has 0 aromatic heterocycles. The summed E-state index contributed by atoms with van der Waals surface area (Å²) in [5, 5.41) is 25.5. The SMILES string of the molecule is O=C(O)CCCCCC(=O)N=NC=C1C=CN(O)C=C1. The average Bonchev–Trinajstić information content (AvgIpc) is 2.40. The van der Waals surface area contributed by atoms with Gasteiger partial charge in [0.25, 0.3) is 5.91 Å². The predicted molar refractivity (Wildman–Crippen MR) is 70.6 cm³/mol. The summed E-state index contributed by atoms with van der Waals surface area (Å²) in [5.41, 5.74) is 0.716. The molecule has 0 spiro atoms. The van der Waals surface area contributed by atoms with Gasteiger partial charge in [0, 0.05) is 25.2 Å². The molecule has 0 aliphatic carbocycles. The van der Waals surface area contributed by atoms with E-state index in [1.54, 1.807) is 12.2 Å². The van der Waals surface area contributed by atoms with Crippen molar-refractivity contribution >= 4 is 11.9 Å². The van der Waals surface area contributed by atoms with Gasteiger partial charge < -0.3 is 5.11 Å². The Balaban J connectivity index is 2.20. The van der Waals surface area contributed by atoms with Crippen LogP contribution in [0.15, 0.2) is 46.6 Å². The molecule has 0 fully saturated rings. The maximum absolute atomic E-state index is 11.3. The highest BCUT2D eigenvalue weighted by Gasteiger charge is 2.01. The molecule has 1 aliphatic rings. The van der Waals surface area contributed by atoms with Gasteiger partial charge in [0.15, 0.2) is 0 Å². The van der Waals surface area contributed by atoms with E-state index in [1.165, 1.54) is 18.6 Å². The second kappa shape index (κ2) is 8.76. The maximum Gasteiger partial charge on any atom is 0.303 e. The molecule has 0 unspecified atom stereocenters. The third kappa shape index (κ3) is 7.22. The minimum atomic E-state index is -0.822. The fourth-order valence-electron chi connectivity index (χ4n) is 1.46. The van der Waals surface area contributed by atoms with Crippen molar-refractivity contribution in [2.45, 2.75) is 32.1 Å². The lowest BCUT2D eigenvalue weighted by atomic mass is 10.1. The second-order valence-electron chi connectivity index (χ2n) is 4.20. The standard InChI is InChI=1S/C13H17N3O4/c17-12(4-2-1-3-5-13(18)19)15-14-10-11-6-8-16(20)9-7-11/h6-10,20H,1-5H2,(H,18,19). The van der Waals surface area contributed by atoms with Crippen LogP contribution in [0, 0.1) is 0 Å². The second-order valence-corrected chi connectivity index (χ2v) is 4.20. The maximum atomic E-state index is 11.3. The number of rotatable bonds is 7. The molecule has 1 aliphatic heterocycles. The molecule has 0 saturated carbocycles. The van der Waals surface area contributed by atoms with Gasteiger partial charge in [0.1, 0.15) is 0 Å². The minimum Gasteiger partial charge on any atom is -0.481 e. The van der Waals surface area contributed by atoms with Crippen LogP contribution in [0.1, 0.15) is 32.1 Å². The number of carbonyl (C=O) groups is 2. The number of hydroxylamine groups is 2. The number of hydrogen-bond donors (Lipinski definition) is 2. The molecule has 0 saturated heterocycles. The number of carbonyl (C=O) groups excluding carboxylic acids is 1. The highest BCUT2D eigenvalue weighted by atomic mass is 16.5. The monoisotopic (exact) mass is 279 g/mol. The molecule has 0 atom stereocenters. The van der Waals surface area contributed by atoms with Crippen LogP contribution < -0.4 is 0 Å². The summed E-state index contributed by atoms with van der Waals surface area (Å²) >= 11 is 0. The van der Waals surface area contributed by atoms with Gasteiger partial charge in [-0.2, -0.15) is 5.11 Å². The van der Waals surface area contributed by atoms with Crippen molar-refractivity contribution in [1.29, 1.82) is 0 Å². The molecule has 20 heavy (non-hydrogen) atoms. The highest BCUT2D eigenvalue weighted by molar-refractivity contribution is 5.76. The zero-order valence-corrected chi connectivity index (χ0v) is 11.0. The van der Waals surface area contributed by atoms with Gasteiger partial charge in [-0.3, -0.25) is 14.8 Å². The molecule has 108 valence electrons. The van der Waals surface area contributed by atoms with Gasteiger partial charge in [0.05, 0.1) is 6.20 Å². The fraction of sp³-hybridized carbons (Fsp3) is 0.385. The number of carboxylic acid groups (broad SMARTS) is 1. The third-order valence-corrected chi connectivity index (χ3v) is 2.50. The summed E-state index contributed by atoms with van der Waals surface area (Å²) in [4.78, 5) is 21.6. The number of unbranched alkanes of at least 4 members (excludes halogenated alkanes) is 2. The lowest BCUT2D eigenvalue weighted by Gasteiger charge is -2.08. The normalized spacial score (nSPS) is 14.1. The molecule has 2 N–H and O–H groups in total. The summed E-state index contributed by atoms with van der Waals surface area (Å²) in [5.74, 6) is -1.15. The van der Waals surface area contributed by atoms with Crippen molar-refractivity contribution in [3.8, 4) is 0 Å². The minimum absolute atomic E-state index is 0.127. The van der Waals surface area contributed by atoms with Gasteiger partial charge >= 0.3 is 5.97 Å².